The lowest BCUT2D eigenvalue weighted by molar-refractivity contribution is -0.00177. The molecular weight excluding hydrogens is 399 g/mol. The van der Waals surface area contributed by atoms with Gasteiger partial charge in [-0.2, -0.15) is 5.26 Å². The fourth-order valence-corrected chi connectivity index (χ4v) is 3.28. The second-order valence-corrected chi connectivity index (χ2v) is 8.44. The summed E-state index contributed by atoms with van der Waals surface area (Å²) < 4.78 is 14.0. The van der Waals surface area contributed by atoms with E-state index < -0.39 is 17.7 Å². The number of carbonyl (C=O) groups is 1. The number of amides is 1. The molecule has 3 heterocycles. The van der Waals surface area contributed by atoms with Crippen molar-refractivity contribution in [3.05, 3.63) is 41.2 Å². The number of hydrogen-bond acceptors (Lipinski definition) is 7. The molecule has 1 amide bonds. The SMILES string of the molecule is CC(C)Nc1cc(N2CCc3cc(C#N)cnc32)ncc1C(=O)NC[C@@H](F)C(C)(C)O. The number of nitrogens with zero attached hydrogens (tertiary/aromatic N) is 4. The lowest BCUT2D eigenvalue weighted by Crippen LogP contribution is -2.42. The van der Waals surface area contributed by atoms with E-state index in [2.05, 4.69) is 26.7 Å². The van der Waals surface area contributed by atoms with E-state index in [-0.39, 0.29) is 18.2 Å². The Morgan fingerprint density at radius 2 is 2.10 bits per heavy atom. The molecule has 1 atom stereocenters. The first kappa shape index (κ1) is 22.4. The highest BCUT2D eigenvalue weighted by Gasteiger charge is 2.28. The van der Waals surface area contributed by atoms with Gasteiger partial charge in [-0.25, -0.2) is 14.4 Å². The Bertz CT molecular complexity index is 1010. The Labute approximate surface area is 181 Å². The predicted molar refractivity (Wildman–Crippen MR) is 116 cm³/mol. The third-order valence-corrected chi connectivity index (χ3v) is 5.00. The zero-order valence-corrected chi connectivity index (χ0v) is 18.1. The minimum Gasteiger partial charge on any atom is -0.387 e. The van der Waals surface area contributed by atoms with Crippen molar-refractivity contribution in [3.8, 4) is 6.07 Å². The van der Waals surface area contributed by atoms with Crippen molar-refractivity contribution in [2.45, 2.75) is 51.9 Å². The molecule has 0 unspecified atom stereocenters. The summed E-state index contributed by atoms with van der Waals surface area (Å²) in [6, 6.07) is 5.75. The van der Waals surface area contributed by atoms with E-state index in [0.717, 1.165) is 17.8 Å². The number of nitrogens with one attached hydrogen (secondary N) is 2. The van der Waals surface area contributed by atoms with Crippen LogP contribution in [0.1, 0.15) is 49.2 Å². The van der Waals surface area contributed by atoms with E-state index >= 15 is 0 Å². The van der Waals surface area contributed by atoms with Crippen LogP contribution in [0.25, 0.3) is 0 Å². The third-order valence-electron chi connectivity index (χ3n) is 5.00. The van der Waals surface area contributed by atoms with Crippen LogP contribution in [-0.4, -0.2) is 51.9 Å². The van der Waals surface area contributed by atoms with Gasteiger partial charge < -0.3 is 20.6 Å². The first-order valence-electron chi connectivity index (χ1n) is 10.2. The Kier molecular flexibility index (Phi) is 6.41. The highest BCUT2D eigenvalue weighted by molar-refractivity contribution is 6.00. The maximum atomic E-state index is 14.0. The molecule has 2 aromatic rings. The molecule has 8 nitrogen and oxygen atoms in total. The summed E-state index contributed by atoms with van der Waals surface area (Å²) in [5.41, 5.74) is 0.795. The maximum absolute atomic E-state index is 14.0. The molecule has 3 rings (SSSR count). The zero-order chi connectivity index (χ0) is 22.8. The van der Waals surface area contributed by atoms with Gasteiger partial charge in [-0.3, -0.25) is 4.79 Å². The number of aliphatic hydroxyl groups is 1. The zero-order valence-electron chi connectivity index (χ0n) is 18.1. The number of alkyl halides is 1. The van der Waals surface area contributed by atoms with Crippen molar-refractivity contribution in [2.75, 3.05) is 23.3 Å². The van der Waals surface area contributed by atoms with Gasteiger partial charge in [-0.05, 0) is 45.7 Å². The van der Waals surface area contributed by atoms with Crippen molar-refractivity contribution >= 4 is 23.2 Å². The van der Waals surface area contributed by atoms with Gasteiger partial charge in [-0.1, -0.05) is 0 Å². The monoisotopic (exact) mass is 426 g/mol. The van der Waals surface area contributed by atoms with Crippen LogP contribution in [-0.2, 0) is 6.42 Å². The van der Waals surface area contributed by atoms with Gasteiger partial charge in [0.25, 0.3) is 5.91 Å². The standard InChI is InChI=1S/C22H27FN6O2/c1-13(2)28-17-8-19(29-6-5-15-7-14(9-24)10-26-20(15)29)25-11-16(17)21(30)27-12-18(23)22(3,4)31/h7-8,10-11,13,18,31H,5-6,12H2,1-4H3,(H,25,28)(H,27,30)/t18-/m1/s1. The average Bonchev–Trinajstić information content (AvgIpc) is 3.13. The number of pyridine rings is 2. The Hall–Kier alpha value is -3.25. The Morgan fingerprint density at radius 3 is 2.74 bits per heavy atom. The lowest BCUT2D eigenvalue weighted by atomic mass is 10.0. The van der Waals surface area contributed by atoms with Crippen molar-refractivity contribution < 1.29 is 14.3 Å². The first-order valence-corrected chi connectivity index (χ1v) is 10.2. The molecule has 31 heavy (non-hydrogen) atoms. The molecule has 0 radical (unpaired) electrons. The van der Waals surface area contributed by atoms with Crippen molar-refractivity contribution in [2.24, 2.45) is 0 Å². The van der Waals surface area contributed by atoms with Crippen LogP contribution in [0, 0.1) is 11.3 Å². The summed E-state index contributed by atoms with van der Waals surface area (Å²) in [5.74, 6) is 0.882. The molecule has 0 bridgehead atoms. The van der Waals surface area contributed by atoms with Crippen molar-refractivity contribution in [1.82, 2.24) is 15.3 Å². The normalized spacial score (nSPS) is 14.2. The van der Waals surface area contributed by atoms with Crippen LogP contribution in [0.4, 0.5) is 21.7 Å². The molecule has 9 heteroatoms. The molecule has 2 aromatic heterocycles. The van der Waals surface area contributed by atoms with Gasteiger partial charge in [0.15, 0.2) is 0 Å². The van der Waals surface area contributed by atoms with Crippen molar-refractivity contribution in [3.63, 3.8) is 0 Å². The highest BCUT2D eigenvalue weighted by atomic mass is 19.1. The lowest BCUT2D eigenvalue weighted by Gasteiger charge is -2.23. The minimum absolute atomic E-state index is 0.0503. The highest BCUT2D eigenvalue weighted by Crippen LogP contribution is 2.33. The summed E-state index contributed by atoms with van der Waals surface area (Å²) in [5, 5.41) is 24.6. The summed E-state index contributed by atoms with van der Waals surface area (Å²) >= 11 is 0. The van der Waals surface area contributed by atoms with Gasteiger partial charge in [-0.15, -0.1) is 0 Å². The van der Waals surface area contributed by atoms with Crippen LogP contribution in [0.5, 0.6) is 0 Å². The van der Waals surface area contributed by atoms with Gasteiger partial charge >= 0.3 is 0 Å². The number of carbonyl (C=O) groups excluding carboxylic acids is 1. The summed E-state index contributed by atoms with van der Waals surface area (Å²) in [4.78, 5) is 23.5. The van der Waals surface area contributed by atoms with Gasteiger partial charge in [0, 0.05) is 31.0 Å². The molecule has 1 aliphatic heterocycles. The molecule has 0 saturated carbocycles. The fraction of sp³-hybridized carbons (Fsp3) is 0.455. The quantitative estimate of drug-likeness (QED) is 0.624. The molecule has 0 aliphatic carbocycles. The van der Waals surface area contributed by atoms with Gasteiger partial charge in [0.2, 0.25) is 0 Å². The van der Waals surface area contributed by atoms with Crippen LogP contribution >= 0.6 is 0 Å². The van der Waals surface area contributed by atoms with Crippen LogP contribution in [0.3, 0.4) is 0 Å². The van der Waals surface area contributed by atoms with Gasteiger partial charge in [0.05, 0.1) is 29.0 Å². The topological polar surface area (TPSA) is 114 Å². The molecule has 0 aromatic carbocycles. The molecule has 1 aliphatic rings. The first-order chi connectivity index (χ1) is 14.6. The smallest absolute Gasteiger partial charge is 0.255 e. The number of rotatable bonds is 7. The van der Waals surface area contributed by atoms with E-state index in [1.807, 2.05) is 24.8 Å². The maximum Gasteiger partial charge on any atom is 0.255 e. The molecular formula is C22H27FN6O2. The Balaban J connectivity index is 1.86. The molecule has 0 fully saturated rings. The van der Waals surface area contributed by atoms with E-state index in [4.69, 9.17) is 5.26 Å². The molecule has 0 spiro atoms. The molecule has 0 saturated heterocycles. The summed E-state index contributed by atoms with van der Waals surface area (Å²) in [7, 11) is 0. The fourth-order valence-electron chi connectivity index (χ4n) is 3.28. The third kappa shape index (κ3) is 5.09. The van der Waals surface area contributed by atoms with E-state index in [9.17, 15) is 14.3 Å². The minimum atomic E-state index is -1.60. The summed E-state index contributed by atoms with van der Waals surface area (Å²) in [6.45, 7) is 6.95. The predicted octanol–water partition coefficient (Wildman–Crippen LogP) is 2.70. The number of anilines is 3. The number of fused-ring (bicyclic) bond motifs is 1. The van der Waals surface area contributed by atoms with Crippen LogP contribution in [0.2, 0.25) is 0 Å². The molecule has 3 N–H and O–H groups in total. The average molecular weight is 426 g/mol. The van der Waals surface area contributed by atoms with E-state index in [0.29, 0.717) is 23.6 Å². The van der Waals surface area contributed by atoms with Crippen molar-refractivity contribution in [1.29, 1.82) is 5.26 Å². The second-order valence-electron chi connectivity index (χ2n) is 8.44. The Morgan fingerprint density at radius 1 is 1.35 bits per heavy atom. The summed E-state index contributed by atoms with van der Waals surface area (Å²) in [6.07, 6.45) is 2.12. The second kappa shape index (κ2) is 8.86. The number of hydrogen-bond donors (Lipinski definition) is 3. The number of aromatic nitrogens is 2. The van der Waals surface area contributed by atoms with E-state index in [1.165, 1.54) is 26.2 Å². The van der Waals surface area contributed by atoms with Gasteiger partial charge in [0.1, 0.15) is 23.9 Å². The number of nitriles is 1. The largest absolute Gasteiger partial charge is 0.387 e. The van der Waals surface area contributed by atoms with Crippen LogP contribution < -0.4 is 15.5 Å². The van der Waals surface area contributed by atoms with Crippen LogP contribution in [0.15, 0.2) is 24.5 Å². The van der Waals surface area contributed by atoms with E-state index in [1.54, 1.807) is 6.07 Å². The number of halogens is 1. The molecule has 164 valence electrons.